The molecule has 0 saturated heterocycles. The van der Waals surface area contributed by atoms with Gasteiger partial charge in [-0.1, -0.05) is 24.3 Å². The molecule has 2 aromatic carbocycles. The van der Waals surface area contributed by atoms with Crippen LogP contribution in [0.25, 0.3) is 0 Å². The highest BCUT2D eigenvalue weighted by Gasteiger charge is 2.17. The molecule has 0 atom stereocenters. The van der Waals surface area contributed by atoms with Crippen molar-refractivity contribution in [3.05, 3.63) is 66.8 Å². The smallest absolute Gasteiger partial charge is 0.341 e. The van der Waals surface area contributed by atoms with E-state index in [-0.39, 0.29) is 30.5 Å². The monoisotopic (exact) mass is 644 g/mol. The van der Waals surface area contributed by atoms with Crippen LogP contribution in [0.15, 0.2) is 48.5 Å². The molecule has 0 fully saturated rings. The molecule has 0 saturated carbocycles. The normalized spacial score (nSPS) is 10.7. The molecule has 0 unspecified atom stereocenters. The lowest BCUT2D eigenvalue weighted by molar-refractivity contribution is 0.0366. The van der Waals surface area contributed by atoms with Gasteiger partial charge in [-0.05, 0) is 52.0 Å². The topological polar surface area (TPSA) is 121 Å². The van der Waals surface area contributed by atoms with E-state index in [4.69, 9.17) is 9.47 Å². The van der Waals surface area contributed by atoms with Crippen LogP contribution in [0.2, 0.25) is 0 Å². The molecule has 10 heteroatoms. The molecule has 0 aliphatic carbocycles. The number of carbonyl (C=O) groups is 2. The molecule has 8 nitrogen and oxygen atoms in total. The third-order valence-corrected chi connectivity index (χ3v) is 6.98. The van der Waals surface area contributed by atoms with Crippen molar-refractivity contribution in [3.63, 3.8) is 0 Å². The van der Waals surface area contributed by atoms with Crippen molar-refractivity contribution < 1.29 is 31.3 Å². The first-order valence-corrected chi connectivity index (χ1v) is 14.4. The molecule has 0 N–H and O–H groups in total. The van der Waals surface area contributed by atoms with Crippen LogP contribution >= 0.6 is 39.6 Å². The van der Waals surface area contributed by atoms with Gasteiger partial charge in [-0.3, -0.25) is 0 Å². The molecule has 0 amide bonds. The van der Waals surface area contributed by atoms with Crippen LogP contribution in [0.5, 0.6) is 0 Å². The highest BCUT2D eigenvalue weighted by molar-refractivity contribution is 14.2. The second-order valence-corrected chi connectivity index (χ2v) is 11.1. The Labute approximate surface area is 188 Å². The van der Waals surface area contributed by atoms with Crippen molar-refractivity contribution in [2.75, 3.05) is 0 Å². The van der Waals surface area contributed by atoms with E-state index >= 15 is 0 Å². The van der Waals surface area contributed by atoms with Gasteiger partial charge in [0.1, 0.15) is 0 Å². The number of ether oxygens (including phenoxy) is 2. The molecule has 2 aromatic rings. The summed E-state index contributed by atoms with van der Waals surface area (Å²) in [5.74, 6) is -1.18. The molecule has 30 heavy (non-hydrogen) atoms. The fourth-order valence-electron chi connectivity index (χ4n) is 2.08. The van der Waals surface area contributed by atoms with E-state index in [1.165, 1.54) is 24.3 Å². The van der Waals surface area contributed by atoms with Crippen molar-refractivity contribution >= 4 is 51.5 Å². The molecule has 2 rings (SSSR count). The Kier molecular flexibility index (Phi) is 11.0. The summed E-state index contributed by atoms with van der Waals surface area (Å²) in [6, 6.07) is 12.1. The number of hydrogen-bond donors (Lipinski definition) is 0. The average molecular weight is 644 g/mol. The zero-order valence-corrected chi connectivity index (χ0v) is 21.1. The number of carbonyl (C=O) groups excluding carboxylic acids is 2. The van der Waals surface area contributed by atoms with Crippen molar-refractivity contribution in [1.29, 1.82) is 0 Å². The van der Waals surface area contributed by atoms with Crippen LogP contribution in [0.1, 0.15) is 48.4 Å². The van der Waals surface area contributed by atoms with Gasteiger partial charge >= 0.3 is 51.5 Å². The van der Waals surface area contributed by atoms with Gasteiger partial charge in [-0.15, -0.1) is 0 Å². The lowest BCUT2D eigenvalue weighted by Crippen LogP contribution is -2.12. The standard InChI is InChI=1S/2C10H11IO4/c2*1-7(2)15-10(12)8-5-3-4-6-9(8)11(13)14/h2*3-7H,1-2H3. The van der Waals surface area contributed by atoms with Crippen molar-refractivity contribution in [2.45, 2.75) is 39.9 Å². The van der Waals surface area contributed by atoms with E-state index < -0.39 is 51.5 Å². The molecule has 0 bridgehead atoms. The number of benzene rings is 2. The third kappa shape index (κ3) is 8.42. The Balaban J connectivity index is 0.000000300. The second kappa shape index (κ2) is 12.7. The minimum atomic E-state index is -3.64. The summed E-state index contributed by atoms with van der Waals surface area (Å²) in [6.07, 6.45) is -0.516. The third-order valence-electron chi connectivity index (χ3n) is 3.21. The van der Waals surface area contributed by atoms with E-state index in [1.807, 2.05) is 0 Å². The minimum absolute atomic E-state index is 0.0901. The van der Waals surface area contributed by atoms with Gasteiger partial charge in [-0.25, -0.2) is 21.9 Å². The fraction of sp³-hybridized carbons (Fsp3) is 0.300. The first-order valence-electron chi connectivity index (χ1n) is 8.75. The van der Waals surface area contributed by atoms with Crippen LogP contribution in [-0.2, 0) is 21.7 Å². The van der Waals surface area contributed by atoms with E-state index in [0.29, 0.717) is 0 Å². The Hall–Kier alpha value is -1.96. The van der Waals surface area contributed by atoms with Gasteiger partial charge in [0.2, 0.25) is 0 Å². The van der Waals surface area contributed by atoms with Gasteiger partial charge < -0.3 is 9.47 Å². The molecule has 0 aliphatic heterocycles. The first-order chi connectivity index (χ1) is 14.0. The number of rotatable bonds is 6. The predicted octanol–water partition coefficient (Wildman–Crippen LogP) is 5.24. The van der Waals surface area contributed by atoms with Crippen LogP contribution in [0.4, 0.5) is 0 Å². The molecule has 0 aliphatic rings. The highest BCUT2D eigenvalue weighted by atomic mass is 127. The summed E-state index contributed by atoms with van der Waals surface area (Å²) in [4.78, 5) is 23.0. The van der Waals surface area contributed by atoms with E-state index in [9.17, 15) is 21.9 Å². The van der Waals surface area contributed by atoms with Crippen LogP contribution in [0.3, 0.4) is 0 Å². The van der Waals surface area contributed by atoms with Crippen LogP contribution in [0, 0.1) is 7.14 Å². The average Bonchev–Trinajstić information content (AvgIpc) is 2.67. The molecule has 164 valence electrons. The van der Waals surface area contributed by atoms with Crippen molar-refractivity contribution in [1.82, 2.24) is 0 Å². The van der Waals surface area contributed by atoms with Gasteiger partial charge in [-0.2, -0.15) is 0 Å². The van der Waals surface area contributed by atoms with Gasteiger partial charge in [0, 0.05) is 0 Å². The fourth-order valence-corrected chi connectivity index (χ4v) is 4.83. The molecule has 0 spiro atoms. The van der Waals surface area contributed by atoms with Gasteiger partial charge in [0.25, 0.3) is 0 Å². The maximum atomic E-state index is 11.5. The molecule has 0 aromatic heterocycles. The van der Waals surface area contributed by atoms with Crippen LogP contribution < -0.4 is 0 Å². The number of halogens is 2. The van der Waals surface area contributed by atoms with Crippen molar-refractivity contribution in [2.24, 2.45) is 0 Å². The van der Waals surface area contributed by atoms with E-state index in [0.717, 1.165) is 0 Å². The highest BCUT2D eigenvalue weighted by Crippen LogP contribution is 2.23. The Morgan fingerprint density at radius 1 is 0.633 bits per heavy atom. The maximum absolute atomic E-state index is 11.5. The lowest BCUT2D eigenvalue weighted by atomic mass is 10.2. The largest absolute Gasteiger partial charge is 0.459 e. The van der Waals surface area contributed by atoms with Crippen molar-refractivity contribution in [3.8, 4) is 0 Å². The van der Waals surface area contributed by atoms with Gasteiger partial charge in [0.05, 0.1) is 30.5 Å². The molecule has 0 radical (unpaired) electrons. The summed E-state index contributed by atoms with van der Waals surface area (Å²) in [6.45, 7) is 6.85. The van der Waals surface area contributed by atoms with E-state index in [2.05, 4.69) is 0 Å². The second-order valence-electron chi connectivity index (χ2n) is 6.30. The molecular formula is C20H22I2O8. The SMILES string of the molecule is CC(C)OC(=O)c1ccccc1I(=O)=O.CC(C)OC(=O)c1ccccc1I(=O)=O. The number of hydrogen-bond acceptors (Lipinski definition) is 8. The Bertz CT molecular complexity index is 937. The number of esters is 2. The molecular weight excluding hydrogens is 622 g/mol. The Morgan fingerprint density at radius 2 is 0.933 bits per heavy atom. The summed E-state index contributed by atoms with van der Waals surface area (Å²) < 4.78 is 53.8. The zero-order chi connectivity index (χ0) is 22.8. The summed E-state index contributed by atoms with van der Waals surface area (Å²) >= 11 is -7.27. The zero-order valence-electron chi connectivity index (χ0n) is 16.8. The lowest BCUT2D eigenvalue weighted by Gasteiger charge is -2.08. The van der Waals surface area contributed by atoms with E-state index in [1.54, 1.807) is 52.0 Å². The Morgan fingerprint density at radius 3 is 1.20 bits per heavy atom. The minimum Gasteiger partial charge on any atom is -0.459 e. The summed E-state index contributed by atoms with van der Waals surface area (Å²) in [5, 5.41) is 0. The molecule has 0 heterocycles. The predicted molar refractivity (Wildman–Crippen MR) is 122 cm³/mol. The quantitative estimate of drug-likeness (QED) is 0.310. The van der Waals surface area contributed by atoms with Crippen LogP contribution in [-0.4, -0.2) is 24.1 Å². The summed E-state index contributed by atoms with van der Waals surface area (Å²) in [5.41, 5.74) is 0.253. The maximum Gasteiger partial charge on any atom is 0.341 e. The first kappa shape index (κ1) is 26.1. The summed E-state index contributed by atoms with van der Waals surface area (Å²) in [7, 11) is 0. The van der Waals surface area contributed by atoms with Gasteiger partial charge in [0.15, 0.2) is 0 Å².